The molecule has 0 spiro atoms. The molecule has 5 aliphatic carbocycles. The van der Waals surface area contributed by atoms with Crippen LogP contribution in [-0.4, -0.2) is 11.6 Å². The van der Waals surface area contributed by atoms with Crippen LogP contribution in [0.25, 0.3) is 0 Å². The van der Waals surface area contributed by atoms with Crippen LogP contribution < -0.4 is 0 Å². The summed E-state index contributed by atoms with van der Waals surface area (Å²) in [7, 11) is 0. The average molecular weight is 216 g/mol. The summed E-state index contributed by atoms with van der Waals surface area (Å²) in [6.07, 6.45) is 8.19. The van der Waals surface area contributed by atoms with E-state index in [4.69, 9.17) is 0 Å². The SMILES string of the molecule is O=C1[C@@]23CCC[C@@]2(C3)C(=O)[C@]23CCC[C@@]12C3. The van der Waals surface area contributed by atoms with Gasteiger partial charge >= 0.3 is 0 Å². The lowest BCUT2D eigenvalue weighted by Crippen LogP contribution is -2.42. The van der Waals surface area contributed by atoms with Crippen LogP contribution in [0.5, 0.6) is 0 Å². The lowest BCUT2D eigenvalue weighted by molar-refractivity contribution is -0.144. The molecule has 0 aromatic heterocycles. The minimum absolute atomic E-state index is 0.131. The van der Waals surface area contributed by atoms with Gasteiger partial charge in [-0.2, -0.15) is 0 Å². The lowest BCUT2D eigenvalue weighted by atomic mass is 9.69. The summed E-state index contributed by atoms with van der Waals surface area (Å²) in [6.45, 7) is 0. The molecule has 0 heterocycles. The van der Waals surface area contributed by atoms with E-state index in [2.05, 4.69) is 0 Å². The van der Waals surface area contributed by atoms with E-state index in [0.29, 0.717) is 11.6 Å². The maximum absolute atomic E-state index is 12.8. The molecule has 84 valence electrons. The molecule has 0 N–H and O–H groups in total. The zero-order valence-corrected chi connectivity index (χ0v) is 9.47. The maximum atomic E-state index is 12.8. The van der Waals surface area contributed by atoms with Gasteiger partial charge in [-0.3, -0.25) is 9.59 Å². The zero-order chi connectivity index (χ0) is 10.8. The predicted octanol–water partition coefficient (Wildman–Crippen LogP) is 2.26. The van der Waals surface area contributed by atoms with Gasteiger partial charge in [0.25, 0.3) is 0 Å². The third-order valence-corrected chi connectivity index (χ3v) is 6.94. The first-order valence-electron chi connectivity index (χ1n) is 6.74. The Hall–Kier alpha value is -0.660. The van der Waals surface area contributed by atoms with E-state index < -0.39 is 0 Å². The van der Waals surface area contributed by atoms with Crippen LogP contribution >= 0.6 is 0 Å². The molecular weight excluding hydrogens is 200 g/mol. The van der Waals surface area contributed by atoms with E-state index in [1.807, 2.05) is 0 Å². The number of rotatable bonds is 0. The van der Waals surface area contributed by atoms with Crippen LogP contribution in [0.1, 0.15) is 51.4 Å². The van der Waals surface area contributed by atoms with Crippen LogP contribution in [0.3, 0.4) is 0 Å². The fraction of sp³-hybridized carbons (Fsp3) is 0.857. The van der Waals surface area contributed by atoms with E-state index >= 15 is 0 Å². The number of carbonyl (C=O) groups excluding carboxylic acids is 2. The van der Waals surface area contributed by atoms with Gasteiger partial charge in [-0.05, 0) is 38.5 Å². The first-order valence-corrected chi connectivity index (χ1v) is 6.74. The molecule has 0 aromatic carbocycles. The first-order chi connectivity index (χ1) is 7.64. The smallest absolute Gasteiger partial charge is 0.147 e. The fourth-order valence-electron chi connectivity index (χ4n) is 6.20. The summed E-state index contributed by atoms with van der Waals surface area (Å²) in [6, 6.07) is 0. The molecule has 5 saturated carbocycles. The van der Waals surface area contributed by atoms with E-state index in [1.54, 1.807) is 0 Å². The number of carbonyl (C=O) groups is 2. The predicted molar refractivity (Wildman–Crippen MR) is 56.7 cm³/mol. The second kappa shape index (κ2) is 1.83. The van der Waals surface area contributed by atoms with Crippen molar-refractivity contribution in [2.75, 3.05) is 0 Å². The van der Waals surface area contributed by atoms with Gasteiger partial charge in [0.05, 0.1) is 0 Å². The maximum Gasteiger partial charge on any atom is 0.147 e. The third kappa shape index (κ3) is 0.476. The van der Waals surface area contributed by atoms with Crippen molar-refractivity contribution in [2.45, 2.75) is 51.4 Å². The number of hydrogen-bond donors (Lipinski definition) is 0. The molecule has 2 heteroatoms. The Bertz CT molecular complexity index is 401. The van der Waals surface area contributed by atoms with Crippen molar-refractivity contribution in [1.82, 2.24) is 0 Å². The summed E-state index contributed by atoms with van der Waals surface area (Å²) < 4.78 is 0. The highest BCUT2D eigenvalue weighted by Crippen LogP contribution is 2.90. The average Bonchev–Trinajstić information content (AvgIpc) is 3.05. The van der Waals surface area contributed by atoms with Gasteiger partial charge in [-0.15, -0.1) is 0 Å². The Balaban J connectivity index is 1.78. The van der Waals surface area contributed by atoms with Crippen molar-refractivity contribution in [1.29, 1.82) is 0 Å². The Morgan fingerprint density at radius 2 is 0.938 bits per heavy atom. The van der Waals surface area contributed by atoms with Gasteiger partial charge < -0.3 is 0 Å². The molecule has 0 unspecified atom stereocenters. The molecule has 0 radical (unpaired) electrons. The van der Waals surface area contributed by atoms with Gasteiger partial charge in [0, 0.05) is 21.7 Å². The highest BCUT2D eigenvalue weighted by molar-refractivity contribution is 6.17. The van der Waals surface area contributed by atoms with Crippen LogP contribution in [0.4, 0.5) is 0 Å². The molecule has 0 bridgehead atoms. The minimum Gasteiger partial charge on any atom is -0.298 e. The fourth-order valence-corrected chi connectivity index (χ4v) is 6.20. The number of ketones is 2. The summed E-state index contributed by atoms with van der Waals surface area (Å²) in [5, 5.41) is 0. The first kappa shape index (κ1) is 8.43. The van der Waals surface area contributed by atoms with E-state index in [1.165, 1.54) is 0 Å². The van der Waals surface area contributed by atoms with Crippen LogP contribution in [0.15, 0.2) is 0 Å². The topological polar surface area (TPSA) is 34.1 Å². The quantitative estimate of drug-likeness (QED) is 0.622. The van der Waals surface area contributed by atoms with Crippen molar-refractivity contribution >= 4 is 11.6 Å². The summed E-state index contributed by atoms with van der Waals surface area (Å²) in [4.78, 5) is 25.6. The molecule has 0 saturated heterocycles. The molecule has 4 atom stereocenters. The van der Waals surface area contributed by atoms with Crippen molar-refractivity contribution in [3.05, 3.63) is 0 Å². The van der Waals surface area contributed by atoms with Crippen molar-refractivity contribution in [3.63, 3.8) is 0 Å². The highest BCUT2D eigenvalue weighted by Gasteiger charge is 2.93. The second-order valence-electron chi connectivity index (χ2n) is 7.05. The van der Waals surface area contributed by atoms with Crippen molar-refractivity contribution in [3.8, 4) is 0 Å². The largest absolute Gasteiger partial charge is 0.298 e. The van der Waals surface area contributed by atoms with Gasteiger partial charge in [-0.1, -0.05) is 12.8 Å². The second-order valence-corrected chi connectivity index (χ2v) is 7.05. The van der Waals surface area contributed by atoms with Gasteiger partial charge in [-0.25, -0.2) is 0 Å². The monoisotopic (exact) mass is 216 g/mol. The van der Waals surface area contributed by atoms with Crippen LogP contribution in [0, 0.1) is 21.7 Å². The lowest BCUT2D eigenvalue weighted by Gasteiger charge is -2.30. The Morgan fingerprint density at radius 3 is 1.25 bits per heavy atom. The molecule has 0 amide bonds. The Morgan fingerprint density at radius 1 is 0.625 bits per heavy atom. The highest BCUT2D eigenvalue weighted by atomic mass is 16.2. The normalized spacial score (nSPS) is 64.8. The number of hydrogen-bond acceptors (Lipinski definition) is 2. The zero-order valence-electron chi connectivity index (χ0n) is 9.47. The van der Waals surface area contributed by atoms with Gasteiger partial charge in [0.1, 0.15) is 11.6 Å². The van der Waals surface area contributed by atoms with E-state index in [0.717, 1.165) is 51.4 Å². The van der Waals surface area contributed by atoms with E-state index in [-0.39, 0.29) is 21.7 Å². The molecule has 0 aliphatic heterocycles. The molecule has 16 heavy (non-hydrogen) atoms. The Kier molecular flexibility index (Phi) is 0.965. The molecule has 5 rings (SSSR count). The van der Waals surface area contributed by atoms with Gasteiger partial charge in [0.2, 0.25) is 0 Å². The minimum atomic E-state index is -0.131. The van der Waals surface area contributed by atoms with Crippen LogP contribution in [0.2, 0.25) is 0 Å². The molecule has 0 aromatic rings. The van der Waals surface area contributed by atoms with Crippen molar-refractivity contribution in [2.24, 2.45) is 21.7 Å². The van der Waals surface area contributed by atoms with Crippen LogP contribution in [-0.2, 0) is 9.59 Å². The molecule has 2 nitrogen and oxygen atoms in total. The summed E-state index contributed by atoms with van der Waals surface area (Å²) in [5.74, 6) is 1.07. The summed E-state index contributed by atoms with van der Waals surface area (Å²) in [5.41, 5.74) is -0.522. The molecule has 5 fully saturated rings. The van der Waals surface area contributed by atoms with Gasteiger partial charge in [0.15, 0.2) is 0 Å². The standard InChI is InChI=1S/C14H16O2/c15-9-11-3-1-4-12(11,7-11)10(16)14-6-2-5-13(9,14)8-14/h1-8H2/t11-,12-,13-,14+/m1/s1. The summed E-state index contributed by atoms with van der Waals surface area (Å²) >= 11 is 0. The Labute approximate surface area is 94.8 Å². The third-order valence-electron chi connectivity index (χ3n) is 6.94. The van der Waals surface area contributed by atoms with E-state index in [9.17, 15) is 9.59 Å². The number of Topliss-reactive ketones (excluding diaryl/α,β-unsaturated/α-hetero) is 2. The molecular formula is C14H16O2. The van der Waals surface area contributed by atoms with Crippen molar-refractivity contribution < 1.29 is 9.59 Å². The molecule has 5 aliphatic rings.